The number of hydrogen-bond donors (Lipinski definition) is 0. The van der Waals surface area contributed by atoms with E-state index in [1.807, 2.05) is 0 Å². The molecule has 0 amide bonds. The third-order valence-electron chi connectivity index (χ3n) is 14.5. The first-order valence-electron chi connectivity index (χ1n) is 24.2. The van der Waals surface area contributed by atoms with E-state index in [-0.39, 0.29) is 10.8 Å². The average molecular weight is 871 g/mol. The Morgan fingerprint density at radius 3 is 0.956 bits per heavy atom. The van der Waals surface area contributed by atoms with Crippen LogP contribution in [0.5, 0.6) is 0 Å². The molecule has 0 heterocycles. The van der Waals surface area contributed by atoms with Crippen LogP contribution in [0.3, 0.4) is 0 Å². The molecule has 0 saturated heterocycles. The number of hydrogen-bond acceptors (Lipinski definition) is 0. The molecule has 0 atom stereocenters. The molecule has 12 aromatic carbocycles. The van der Waals surface area contributed by atoms with E-state index in [1.165, 1.54) is 132 Å². The van der Waals surface area contributed by atoms with Gasteiger partial charge in [0.05, 0.1) is 0 Å². The smallest absolute Gasteiger partial charge is 0.00173 e. The first kappa shape index (κ1) is 41.6. The van der Waals surface area contributed by atoms with Crippen molar-refractivity contribution in [2.75, 3.05) is 0 Å². The summed E-state index contributed by atoms with van der Waals surface area (Å²) in [5.74, 6) is 0. The third kappa shape index (κ3) is 7.06. The van der Waals surface area contributed by atoms with E-state index < -0.39 is 0 Å². The molecule has 0 saturated carbocycles. The zero-order chi connectivity index (χ0) is 46.3. The van der Waals surface area contributed by atoms with Crippen LogP contribution in [0, 0.1) is 0 Å². The Bertz CT molecular complexity index is 3630. The van der Waals surface area contributed by atoms with E-state index in [1.54, 1.807) is 0 Å². The van der Waals surface area contributed by atoms with E-state index in [9.17, 15) is 0 Å². The zero-order valence-electron chi connectivity index (χ0n) is 39.8. The van der Waals surface area contributed by atoms with Gasteiger partial charge in [-0.05, 0) is 179 Å². The van der Waals surface area contributed by atoms with Crippen molar-refractivity contribution in [2.45, 2.75) is 52.4 Å². The molecule has 0 aliphatic rings. The topological polar surface area (TPSA) is 0 Å². The summed E-state index contributed by atoms with van der Waals surface area (Å²) in [5, 5.41) is 13.0. The van der Waals surface area contributed by atoms with Crippen LogP contribution < -0.4 is 0 Å². The Hall–Kier alpha value is -7.80. The van der Waals surface area contributed by atoms with Crippen molar-refractivity contribution >= 4 is 53.9 Å². The summed E-state index contributed by atoms with van der Waals surface area (Å²) in [4.78, 5) is 0. The largest absolute Gasteiger partial charge is 0.0622 e. The highest BCUT2D eigenvalue weighted by atomic mass is 14.3. The summed E-state index contributed by atoms with van der Waals surface area (Å²) in [5.41, 5.74) is 17.5. The van der Waals surface area contributed by atoms with Gasteiger partial charge >= 0.3 is 0 Å². The molecule has 68 heavy (non-hydrogen) atoms. The summed E-state index contributed by atoms with van der Waals surface area (Å²) in [6, 6.07) is 81.8. The van der Waals surface area contributed by atoms with Crippen LogP contribution in [0.15, 0.2) is 218 Å². The van der Waals surface area contributed by atoms with Gasteiger partial charge in [-0.15, -0.1) is 0 Å². The van der Waals surface area contributed by atoms with Crippen molar-refractivity contribution in [3.8, 4) is 66.8 Å². The molecule has 0 unspecified atom stereocenters. The lowest BCUT2D eigenvalue weighted by molar-refractivity contribution is 0.595. The summed E-state index contributed by atoms with van der Waals surface area (Å²) in [6.07, 6.45) is 0. The van der Waals surface area contributed by atoms with Gasteiger partial charge < -0.3 is 0 Å². The van der Waals surface area contributed by atoms with E-state index >= 15 is 0 Å². The monoisotopic (exact) mass is 870 g/mol. The quantitative estimate of drug-likeness (QED) is 0.146. The van der Waals surface area contributed by atoms with Gasteiger partial charge in [0.15, 0.2) is 0 Å². The Morgan fingerprint density at radius 1 is 0.221 bits per heavy atom. The molecule has 0 N–H and O–H groups in total. The van der Waals surface area contributed by atoms with Gasteiger partial charge in [0.2, 0.25) is 0 Å². The molecule has 0 radical (unpaired) electrons. The second kappa shape index (κ2) is 15.9. The lowest BCUT2D eigenvalue weighted by Crippen LogP contribution is -2.14. The van der Waals surface area contributed by atoms with Crippen molar-refractivity contribution in [3.63, 3.8) is 0 Å². The molecule has 0 aliphatic heterocycles. The van der Waals surface area contributed by atoms with E-state index in [2.05, 4.69) is 260 Å². The first-order valence-corrected chi connectivity index (χ1v) is 24.2. The summed E-state index contributed by atoms with van der Waals surface area (Å²) < 4.78 is 0. The van der Waals surface area contributed by atoms with Gasteiger partial charge in [0, 0.05) is 0 Å². The highest BCUT2D eigenvalue weighted by Gasteiger charge is 2.27. The Balaban J connectivity index is 1.04. The minimum Gasteiger partial charge on any atom is -0.0622 e. The zero-order valence-corrected chi connectivity index (χ0v) is 39.8. The molecule has 0 fully saturated rings. The van der Waals surface area contributed by atoms with Crippen molar-refractivity contribution in [1.29, 1.82) is 0 Å². The fourth-order valence-corrected chi connectivity index (χ4v) is 11.1. The standard InChI is InChI=1S/C68H54/c1-67(2,3)63-41-61(51-23-13-21-49(39-51)53-27-15-25-47-37-45(29-31-55(47)53)43-17-9-7-10-18-43)57-34-36-60-64(68(4,5)6)42-62(58-33-35-59(63)65(57)66(58)60)52-24-14-22-50(40-52)54-28-16-26-48-38-46(30-32-56(48)54)44-19-11-8-12-20-44/h7-42H,1-6H3. The van der Waals surface area contributed by atoms with Crippen molar-refractivity contribution in [1.82, 2.24) is 0 Å². The number of fused-ring (bicyclic) bond motifs is 2. The Labute approximate surface area is 400 Å². The molecule has 0 nitrogen and oxygen atoms in total. The predicted octanol–water partition coefficient (Wildman–Crippen LogP) is 19.5. The predicted molar refractivity (Wildman–Crippen MR) is 295 cm³/mol. The fourth-order valence-electron chi connectivity index (χ4n) is 11.1. The van der Waals surface area contributed by atoms with Crippen molar-refractivity contribution in [3.05, 3.63) is 230 Å². The Morgan fingerprint density at radius 2 is 0.559 bits per heavy atom. The molecule has 0 spiro atoms. The van der Waals surface area contributed by atoms with Crippen LogP contribution in [-0.4, -0.2) is 0 Å². The molecule has 326 valence electrons. The maximum Gasteiger partial charge on any atom is -0.00173 e. The van der Waals surface area contributed by atoms with Crippen LogP contribution in [0.4, 0.5) is 0 Å². The first-order chi connectivity index (χ1) is 33.0. The van der Waals surface area contributed by atoms with E-state index in [0.29, 0.717) is 0 Å². The van der Waals surface area contributed by atoms with Crippen LogP contribution in [0.2, 0.25) is 0 Å². The van der Waals surface area contributed by atoms with Gasteiger partial charge in [-0.2, -0.15) is 0 Å². The highest BCUT2D eigenvalue weighted by Crippen LogP contribution is 2.49. The Kier molecular flexibility index (Phi) is 9.75. The van der Waals surface area contributed by atoms with Gasteiger partial charge in [-0.25, -0.2) is 0 Å². The molecule has 0 aliphatic carbocycles. The van der Waals surface area contributed by atoms with Crippen molar-refractivity contribution < 1.29 is 0 Å². The molecule has 12 aromatic rings. The van der Waals surface area contributed by atoms with Gasteiger partial charge in [-0.3, -0.25) is 0 Å². The second-order valence-corrected chi connectivity index (χ2v) is 20.9. The minimum absolute atomic E-state index is 0.0922. The maximum atomic E-state index is 2.50. The molecular formula is C68H54. The van der Waals surface area contributed by atoms with Crippen LogP contribution in [-0.2, 0) is 10.8 Å². The number of benzene rings is 12. The molecule has 0 aromatic heterocycles. The summed E-state index contributed by atoms with van der Waals surface area (Å²) in [6.45, 7) is 14.2. The van der Waals surface area contributed by atoms with E-state index in [0.717, 1.165) is 0 Å². The van der Waals surface area contributed by atoms with Crippen LogP contribution in [0.1, 0.15) is 52.7 Å². The lowest BCUT2D eigenvalue weighted by Gasteiger charge is -2.28. The number of rotatable bonds is 6. The molecular weight excluding hydrogens is 817 g/mol. The maximum absolute atomic E-state index is 2.50. The highest BCUT2D eigenvalue weighted by molar-refractivity contribution is 6.29. The molecule has 0 bridgehead atoms. The van der Waals surface area contributed by atoms with Crippen LogP contribution >= 0.6 is 0 Å². The van der Waals surface area contributed by atoms with Crippen molar-refractivity contribution in [2.24, 2.45) is 0 Å². The van der Waals surface area contributed by atoms with E-state index in [4.69, 9.17) is 0 Å². The SMILES string of the molecule is CC(C)(C)c1cc(-c2cccc(-c3cccc4cc(-c5ccccc5)ccc34)c2)c2ccc3c(C(C)(C)C)cc(-c4cccc(-c5cccc6cc(-c7ccccc7)ccc56)c4)c4ccc1c2c43. The van der Waals surface area contributed by atoms with Gasteiger partial charge in [0.1, 0.15) is 0 Å². The average Bonchev–Trinajstić information content (AvgIpc) is 3.36. The third-order valence-corrected chi connectivity index (χ3v) is 14.5. The fraction of sp³-hybridized carbons (Fsp3) is 0.118. The minimum atomic E-state index is -0.0922. The van der Waals surface area contributed by atoms with Gasteiger partial charge in [0.25, 0.3) is 0 Å². The molecule has 0 heteroatoms. The normalized spacial score (nSPS) is 12.3. The lowest BCUT2D eigenvalue weighted by atomic mass is 9.75. The summed E-state index contributed by atoms with van der Waals surface area (Å²) in [7, 11) is 0. The second-order valence-electron chi connectivity index (χ2n) is 20.9. The molecule has 12 rings (SSSR count). The van der Waals surface area contributed by atoms with Crippen LogP contribution in [0.25, 0.3) is 121 Å². The summed E-state index contributed by atoms with van der Waals surface area (Å²) >= 11 is 0. The van der Waals surface area contributed by atoms with Gasteiger partial charge in [-0.1, -0.05) is 224 Å².